The Hall–Kier alpha value is -1.67. The van der Waals surface area contributed by atoms with Gasteiger partial charge in [-0.2, -0.15) is 0 Å². The molecule has 0 aromatic rings. The van der Waals surface area contributed by atoms with Gasteiger partial charge >= 0.3 is 0 Å². The lowest BCUT2D eigenvalue weighted by molar-refractivity contribution is -0.303. The van der Waals surface area contributed by atoms with Gasteiger partial charge in [-0.25, -0.2) is 0 Å². The number of nitrogens with one attached hydrogen (secondary N) is 1. The Balaban J connectivity index is 2.41. The quantitative estimate of drug-likeness (QED) is 0.0223. The van der Waals surface area contributed by atoms with Gasteiger partial charge in [-0.1, -0.05) is 172 Å². The van der Waals surface area contributed by atoms with Gasteiger partial charge in [0.05, 0.1) is 25.4 Å². The van der Waals surface area contributed by atoms with E-state index in [0.717, 1.165) is 44.9 Å². The van der Waals surface area contributed by atoms with E-state index in [0.29, 0.717) is 19.3 Å². The van der Waals surface area contributed by atoms with Crippen molar-refractivity contribution in [2.45, 2.75) is 249 Å². The molecule has 11 nitrogen and oxygen atoms in total. The number of amides is 1. The summed E-state index contributed by atoms with van der Waals surface area (Å²) in [7, 11) is 0. The average molecular weight is 840 g/mol. The fraction of sp³-hybridized carbons (Fsp3) is 0.854. The van der Waals surface area contributed by atoms with Crippen LogP contribution in [-0.4, -0.2) is 110 Å². The van der Waals surface area contributed by atoms with Crippen molar-refractivity contribution in [2.24, 2.45) is 0 Å². The van der Waals surface area contributed by atoms with Crippen LogP contribution >= 0.6 is 0 Å². The van der Waals surface area contributed by atoms with Crippen LogP contribution in [0.15, 0.2) is 36.5 Å². The van der Waals surface area contributed by atoms with Crippen LogP contribution < -0.4 is 5.32 Å². The normalized spacial score (nSPS) is 22.1. The Morgan fingerprint density at radius 3 is 1.54 bits per heavy atom. The van der Waals surface area contributed by atoms with E-state index in [4.69, 9.17) is 9.47 Å². The maximum absolute atomic E-state index is 13.1. The van der Waals surface area contributed by atoms with Crippen molar-refractivity contribution >= 4 is 5.91 Å². The van der Waals surface area contributed by atoms with Crippen LogP contribution in [0.25, 0.3) is 0 Å². The van der Waals surface area contributed by atoms with Crippen molar-refractivity contribution in [3.8, 4) is 0 Å². The summed E-state index contributed by atoms with van der Waals surface area (Å²) in [4.78, 5) is 13.1. The molecule has 1 rings (SSSR count). The predicted octanol–water partition coefficient (Wildman–Crippen LogP) is 8.00. The molecule has 346 valence electrons. The van der Waals surface area contributed by atoms with Crippen molar-refractivity contribution in [2.75, 3.05) is 13.2 Å². The molecule has 0 bridgehead atoms. The van der Waals surface area contributed by atoms with E-state index >= 15 is 0 Å². The highest BCUT2D eigenvalue weighted by Gasteiger charge is 2.44. The third-order valence-electron chi connectivity index (χ3n) is 11.5. The highest BCUT2D eigenvalue weighted by molar-refractivity contribution is 5.80. The van der Waals surface area contributed by atoms with E-state index < -0.39 is 74.2 Å². The molecule has 0 spiro atoms. The van der Waals surface area contributed by atoms with Crippen LogP contribution in [0.3, 0.4) is 0 Å². The largest absolute Gasteiger partial charge is 0.394 e. The minimum absolute atomic E-state index is 0.241. The number of hydrogen-bond acceptors (Lipinski definition) is 10. The summed E-state index contributed by atoms with van der Waals surface area (Å²) in [5.41, 5.74) is 0. The summed E-state index contributed by atoms with van der Waals surface area (Å²) in [6, 6.07) is -1.19. The molecule has 1 amide bonds. The zero-order valence-corrected chi connectivity index (χ0v) is 37.2. The first-order chi connectivity index (χ1) is 28.7. The number of aliphatic hydroxyl groups is 7. The number of aliphatic hydroxyl groups excluding tert-OH is 7. The number of ether oxygens (including phenoxy) is 2. The summed E-state index contributed by atoms with van der Waals surface area (Å²) >= 11 is 0. The number of carbonyl (C=O) groups excluding carboxylic acids is 1. The number of allylic oxidation sites excluding steroid dienone is 6. The van der Waals surface area contributed by atoms with E-state index in [1.54, 1.807) is 0 Å². The highest BCUT2D eigenvalue weighted by Crippen LogP contribution is 2.23. The maximum Gasteiger partial charge on any atom is 0.249 e. The summed E-state index contributed by atoms with van der Waals surface area (Å²) in [6.07, 6.45) is 32.2. The standard InChI is InChI=1S/C48H89NO10/c1-3-5-7-9-11-13-15-17-18-19-20-21-22-23-24-26-28-30-32-34-36-41(52)47(57)49-39(38-58-48-46(56)45(55)44(54)42(37-50)59-48)43(53)40(51)35-33-31-29-27-25-16-14-12-10-8-6-4-2/h4,6,12,14,27,29,39-46,48,50-56H,3,5,7-11,13,15-26,28,30-38H2,1-2H3,(H,49,57)/b6-4+,14-12+,29-27+. The van der Waals surface area contributed by atoms with Gasteiger partial charge in [0, 0.05) is 0 Å². The monoisotopic (exact) mass is 840 g/mol. The molecular formula is C48H89NO10. The number of unbranched alkanes of at least 4 members (excludes halogenated alkanes) is 22. The predicted molar refractivity (Wildman–Crippen MR) is 238 cm³/mol. The van der Waals surface area contributed by atoms with Crippen molar-refractivity contribution in [1.82, 2.24) is 5.32 Å². The van der Waals surface area contributed by atoms with E-state index in [1.807, 2.05) is 13.0 Å². The molecule has 0 saturated carbocycles. The lowest BCUT2D eigenvalue weighted by Crippen LogP contribution is -2.60. The molecule has 9 atom stereocenters. The molecule has 1 aliphatic heterocycles. The second-order valence-electron chi connectivity index (χ2n) is 16.8. The summed E-state index contributed by atoms with van der Waals surface area (Å²) in [5.74, 6) is -0.713. The summed E-state index contributed by atoms with van der Waals surface area (Å²) < 4.78 is 11.1. The van der Waals surface area contributed by atoms with Crippen LogP contribution in [0.5, 0.6) is 0 Å². The lowest BCUT2D eigenvalue weighted by atomic mass is 9.98. The van der Waals surface area contributed by atoms with E-state index in [2.05, 4.69) is 42.6 Å². The molecule has 0 aromatic carbocycles. The zero-order valence-electron chi connectivity index (χ0n) is 37.2. The Morgan fingerprint density at radius 1 is 0.610 bits per heavy atom. The lowest BCUT2D eigenvalue weighted by Gasteiger charge is -2.40. The molecule has 0 aromatic heterocycles. The molecular weight excluding hydrogens is 751 g/mol. The molecule has 1 saturated heterocycles. The second-order valence-corrected chi connectivity index (χ2v) is 16.8. The number of carbonyl (C=O) groups is 1. The Kier molecular flexibility index (Phi) is 35.7. The molecule has 0 radical (unpaired) electrons. The van der Waals surface area contributed by atoms with Gasteiger partial charge in [0.2, 0.25) is 5.91 Å². The van der Waals surface area contributed by atoms with Crippen LogP contribution in [0.2, 0.25) is 0 Å². The molecule has 59 heavy (non-hydrogen) atoms. The first-order valence-electron chi connectivity index (χ1n) is 23.9. The van der Waals surface area contributed by atoms with Crippen LogP contribution in [-0.2, 0) is 14.3 Å². The van der Waals surface area contributed by atoms with Gasteiger partial charge in [-0.05, 0) is 58.3 Å². The van der Waals surface area contributed by atoms with Gasteiger partial charge in [0.15, 0.2) is 6.29 Å². The Morgan fingerprint density at radius 2 is 1.07 bits per heavy atom. The van der Waals surface area contributed by atoms with E-state index in [1.165, 1.54) is 103 Å². The van der Waals surface area contributed by atoms with Crippen molar-refractivity contribution in [1.29, 1.82) is 0 Å². The molecule has 1 heterocycles. The van der Waals surface area contributed by atoms with Crippen molar-refractivity contribution in [3.63, 3.8) is 0 Å². The van der Waals surface area contributed by atoms with Crippen LogP contribution in [0.4, 0.5) is 0 Å². The van der Waals surface area contributed by atoms with E-state index in [-0.39, 0.29) is 12.8 Å². The van der Waals surface area contributed by atoms with Crippen molar-refractivity contribution < 1.29 is 50.0 Å². The third kappa shape index (κ3) is 27.8. The first kappa shape index (κ1) is 55.3. The minimum Gasteiger partial charge on any atom is -0.394 e. The molecule has 1 aliphatic rings. The van der Waals surface area contributed by atoms with Gasteiger partial charge < -0.3 is 50.5 Å². The number of rotatable bonds is 39. The van der Waals surface area contributed by atoms with Gasteiger partial charge in [0.1, 0.15) is 36.6 Å². The fourth-order valence-electron chi connectivity index (χ4n) is 7.54. The fourth-order valence-corrected chi connectivity index (χ4v) is 7.54. The molecule has 8 N–H and O–H groups in total. The maximum atomic E-state index is 13.1. The Labute approximate surface area is 358 Å². The van der Waals surface area contributed by atoms with Gasteiger partial charge in [-0.3, -0.25) is 4.79 Å². The highest BCUT2D eigenvalue weighted by atomic mass is 16.7. The third-order valence-corrected chi connectivity index (χ3v) is 11.5. The van der Waals surface area contributed by atoms with Crippen LogP contribution in [0, 0.1) is 0 Å². The summed E-state index contributed by atoms with van der Waals surface area (Å²) in [5, 5.41) is 75.6. The topological polar surface area (TPSA) is 189 Å². The molecule has 0 aliphatic carbocycles. The first-order valence-corrected chi connectivity index (χ1v) is 23.9. The summed E-state index contributed by atoms with van der Waals surface area (Å²) in [6.45, 7) is 3.20. The Bertz CT molecular complexity index is 1050. The van der Waals surface area contributed by atoms with Gasteiger partial charge in [-0.15, -0.1) is 0 Å². The second kappa shape index (κ2) is 38.0. The van der Waals surface area contributed by atoms with Crippen molar-refractivity contribution in [3.05, 3.63) is 36.5 Å². The van der Waals surface area contributed by atoms with Gasteiger partial charge in [0.25, 0.3) is 0 Å². The zero-order chi connectivity index (χ0) is 43.4. The molecule has 11 heteroatoms. The smallest absolute Gasteiger partial charge is 0.249 e. The molecule has 1 fully saturated rings. The molecule has 9 unspecified atom stereocenters. The minimum atomic E-state index is -1.67. The van der Waals surface area contributed by atoms with Crippen LogP contribution in [0.1, 0.15) is 194 Å². The average Bonchev–Trinajstić information content (AvgIpc) is 3.23. The number of hydrogen-bond donors (Lipinski definition) is 8. The SMILES string of the molecule is C/C=C/CC/C=C/CC/C=C/CCCC(O)C(O)C(COC1OC(CO)C(O)C(O)C1O)NC(=O)C(O)CCCCCCCCCCCCCCCCCCCCCC. The van der Waals surface area contributed by atoms with E-state index in [9.17, 15) is 40.5 Å².